The maximum atomic E-state index is 9.45. The number of hydrogen-bond donors (Lipinski definition) is 3. The Balaban J connectivity index is 0.000000815. The molecule has 4 nitrogen and oxygen atoms in total. The number of nitrogens with one attached hydrogen (secondary N) is 1. The molecule has 0 unspecified atom stereocenters. The van der Waals surface area contributed by atoms with Crippen molar-refractivity contribution in [3.05, 3.63) is 53.1 Å². The van der Waals surface area contributed by atoms with Crippen LogP contribution in [-0.4, -0.2) is 16.3 Å². The fourth-order valence-corrected chi connectivity index (χ4v) is 3.15. The van der Waals surface area contributed by atoms with E-state index in [2.05, 4.69) is 0 Å². The second-order valence-electron chi connectivity index (χ2n) is 5.57. The van der Waals surface area contributed by atoms with Gasteiger partial charge >= 0.3 is 0 Å². The predicted molar refractivity (Wildman–Crippen MR) is 99.9 cm³/mol. The molecule has 0 atom stereocenters. The van der Waals surface area contributed by atoms with Crippen molar-refractivity contribution in [1.82, 2.24) is 4.98 Å². The van der Waals surface area contributed by atoms with Gasteiger partial charge in [0.25, 0.3) is 0 Å². The number of nitrogens with zero attached hydrogens (tertiary/aromatic N) is 1. The third kappa shape index (κ3) is 2.40. The molecular formula is C20H21N3O. The van der Waals surface area contributed by atoms with Crippen LogP contribution in [0.2, 0.25) is 0 Å². The van der Waals surface area contributed by atoms with Crippen LogP contribution in [0.1, 0.15) is 30.5 Å². The largest absolute Gasteiger partial charge is 0.508 e. The number of benzene rings is 2. The average Bonchev–Trinajstić information content (AvgIpc) is 2.57. The number of pyridine rings is 1. The van der Waals surface area contributed by atoms with Crippen LogP contribution in [0.5, 0.6) is 5.75 Å². The molecule has 1 aliphatic carbocycles. The van der Waals surface area contributed by atoms with Crippen molar-refractivity contribution in [2.24, 2.45) is 0 Å². The summed E-state index contributed by atoms with van der Waals surface area (Å²) in [5.74, 6) is 0.252. The molecule has 0 bridgehead atoms. The van der Waals surface area contributed by atoms with Crippen LogP contribution in [0.4, 0.5) is 5.69 Å². The quantitative estimate of drug-likeness (QED) is 0.486. The lowest BCUT2D eigenvalue weighted by Crippen LogP contribution is -2.14. The highest BCUT2D eigenvalue weighted by molar-refractivity contribution is 6.05. The van der Waals surface area contributed by atoms with E-state index in [1.54, 1.807) is 18.2 Å². The standard InChI is InChI=1S/C18H15N3O.C2H6/c19-9-14-15(20)7-8-16-17(14)12-5-6-13(12)18(21-16)10-1-3-11(22)4-2-10;1-2/h1-4,7-9,19,22H,5-6,20H2;1-2H3. The van der Waals surface area contributed by atoms with Crippen molar-refractivity contribution < 1.29 is 5.11 Å². The molecule has 0 saturated carbocycles. The van der Waals surface area contributed by atoms with Crippen LogP contribution in [-0.2, 0) is 12.8 Å². The first-order valence-electron chi connectivity index (χ1n) is 8.23. The number of phenols is 1. The lowest BCUT2D eigenvalue weighted by atomic mass is 9.81. The molecule has 4 rings (SSSR count). The van der Waals surface area contributed by atoms with Gasteiger partial charge in [-0.2, -0.15) is 0 Å². The molecule has 1 heterocycles. The van der Waals surface area contributed by atoms with Crippen LogP contribution in [0.25, 0.3) is 22.2 Å². The van der Waals surface area contributed by atoms with Gasteiger partial charge in [0.1, 0.15) is 5.75 Å². The second-order valence-corrected chi connectivity index (χ2v) is 5.57. The molecule has 0 fully saturated rings. The van der Waals surface area contributed by atoms with Gasteiger partial charge in [-0.05, 0) is 60.4 Å². The van der Waals surface area contributed by atoms with Crippen molar-refractivity contribution in [2.45, 2.75) is 26.7 Å². The summed E-state index contributed by atoms with van der Waals surface area (Å²) in [5.41, 5.74) is 12.7. The molecular weight excluding hydrogens is 298 g/mol. The lowest BCUT2D eigenvalue weighted by Gasteiger charge is -2.25. The summed E-state index contributed by atoms with van der Waals surface area (Å²) in [4.78, 5) is 4.80. The van der Waals surface area contributed by atoms with Crippen LogP contribution < -0.4 is 5.73 Å². The van der Waals surface area contributed by atoms with Crippen LogP contribution in [0, 0.1) is 5.41 Å². The second kappa shape index (κ2) is 6.32. The SMILES string of the molecule is CC.N=Cc1c(N)ccc2nc(-c3ccc(O)cc3)c3c(c12)CC3. The molecule has 2 aromatic carbocycles. The Morgan fingerprint density at radius 1 is 1.04 bits per heavy atom. The highest BCUT2D eigenvalue weighted by atomic mass is 16.3. The van der Waals surface area contributed by atoms with Crippen molar-refractivity contribution in [1.29, 1.82) is 5.41 Å². The Labute approximate surface area is 141 Å². The fourth-order valence-electron chi connectivity index (χ4n) is 3.15. The molecule has 1 aliphatic rings. The minimum absolute atomic E-state index is 0.252. The maximum Gasteiger partial charge on any atom is 0.115 e. The van der Waals surface area contributed by atoms with E-state index in [9.17, 15) is 5.11 Å². The van der Waals surface area contributed by atoms with Crippen LogP contribution >= 0.6 is 0 Å². The smallest absolute Gasteiger partial charge is 0.115 e. The zero-order valence-corrected chi connectivity index (χ0v) is 13.9. The summed E-state index contributed by atoms with van der Waals surface area (Å²) < 4.78 is 0. The molecule has 122 valence electrons. The maximum absolute atomic E-state index is 9.45. The van der Waals surface area contributed by atoms with Gasteiger partial charge < -0.3 is 16.2 Å². The number of hydrogen-bond acceptors (Lipinski definition) is 4. The van der Waals surface area contributed by atoms with E-state index in [0.29, 0.717) is 5.69 Å². The highest BCUT2D eigenvalue weighted by Crippen LogP contribution is 2.39. The zero-order valence-electron chi connectivity index (χ0n) is 13.9. The minimum atomic E-state index is 0.252. The van der Waals surface area contributed by atoms with E-state index < -0.39 is 0 Å². The molecule has 0 amide bonds. The summed E-state index contributed by atoms with van der Waals surface area (Å²) in [6.07, 6.45) is 3.29. The summed E-state index contributed by atoms with van der Waals surface area (Å²) >= 11 is 0. The number of nitrogens with two attached hydrogens (primary N) is 1. The number of aromatic nitrogens is 1. The fraction of sp³-hybridized carbons (Fsp3) is 0.200. The van der Waals surface area contributed by atoms with E-state index >= 15 is 0 Å². The summed E-state index contributed by atoms with van der Waals surface area (Å²) in [6, 6.07) is 10.9. The topological polar surface area (TPSA) is 83.0 Å². The van der Waals surface area contributed by atoms with E-state index in [0.717, 1.165) is 40.6 Å². The van der Waals surface area contributed by atoms with E-state index in [-0.39, 0.29) is 5.75 Å². The zero-order chi connectivity index (χ0) is 17.3. The van der Waals surface area contributed by atoms with Crippen molar-refractivity contribution in [3.63, 3.8) is 0 Å². The Morgan fingerprint density at radius 3 is 2.29 bits per heavy atom. The normalized spacial score (nSPS) is 11.9. The van der Waals surface area contributed by atoms with Crippen molar-refractivity contribution >= 4 is 22.8 Å². The van der Waals surface area contributed by atoms with E-state index in [4.69, 9.17) is 16.1 Å². The number of aryl methyl sites for hydroxylation is 1. The Kier molecular flexibility index (Phi) is 4.21. The molecule has 0 radical (unpaired) electrons. The number of fused-ring (bicyclic) bond motifs is 3. The number of rotatable bonds is 2. The lowest BCUT2D eigenvalue weighted by molar-refractivity contribution is 0.475. The number of anilines is 1. The van der Waals surface area contributed by atoms with Gasteiger partial charge in [0.2, 0.25) is 0 Å². The van der Waals surface area contributed by atoms with Gasteiger partial charge in [-0.25, -0.2) is 4.98 Å². The highest BCUT2D eigenvalue weighted by Gasteiger charge is 2.24. The molecule has 24 heavy (non-hydrogen) atoms. The van der Waals surface area contributed by atoms with Crippen LogP contribution in [0.3, 0.4) is 0 Å². The van der Waals surface area contributed by atoms with Gasteiger partial charge in [-0.3, -0.25) is 0 Å². The first-order chi connectivity index (χ1) is 11.7. The summed E-state index contributed by atoms with van der Waals surface area (Å²) in [6.45, 7) is 4.00. The summed E-state index contributed by atoms with van der Waals surface area (Å²) in [7, 11) is 0. The number of aromatic hydroxyl groups is 1. The molecule has 0 saturated heterocycles. The van der Waals surface area contributed by atoms with E-state index in [1.165, 1.54) is 17.3 Å². The molecule has 0 aliphatic heterocycles. The first kappa shape index (κ1) is 16.0. The number of nitrogen functional groups attached to an aromatic ring is 1. The molecule has 1 aromatic heterocycles. The van der Waals surface area contributed by atoms with Crippen molar-refractivity contribution in [2.75, 3.05) is 5.73 Å². The Hall–Kier alpha value is -2.88. The summed E-state index contributed by atoms with van der Waals surface area (Å²) in [5, 5.41) is 18.1. The third-order valence-corrected chi connectivity index (χ3v) is 4.35. The number of phenolic OH excluding ortho intramolecular Hbond substituents is 1. The monoisotopic (exact) mass is 319 g/mol. The van der Waals surface area contributed by atoms with Gasteiger partial charge in [-0.15, -0.1) is 0 Å². The molecule has 4 N–H and O–H groups in total. The van der Waals surface area contributed by atoms with Gasteiger partial charge in [0, 0.05) is 28.4 Å². The Morgan fingerprint density at radius 2 is 1.71 bits per heavy atom. The van der Waals surface area contributed by atoms with Gasteiger partial charge in [-0.1, -0.05) is 13.8 Å². The third-order valence-electron chi connectivity index (χ3n) is 4.35. The average molecular weight is 319 g/mol. The predicted octanol–water partition coefficient (Wildman–Crippen LogP) is 4.31. The van der Waals surface area contributed by atoms with Crippen LogP contribution in [0.15, 0.2) is 36.4 Å². The van der Waals surface area contributed by atoms with E-state index in [1.807, 2.05) is 32.0 Å². The molecule has 0 spiro atoms. The van der Waals surface area contributed by atoms with Gasteiger partial charge in [0.05, 0.1) is 11.2 Å². The Bertz CT molecular complexity index is 915. The molecule has 3 aromatic rings. The van der Waals surface area contributed by atoms with Crippen molar-refractivity contribution in [3.8, 4) is 17.0 Å². The first-order valence-corrected chi connectivity index (χ1v) is 8.23. The minimum Gasteiger partial charge on any atom is -0.508 e. The molecule has 4 heteroatoms. The van der Waals surface area contributed by atoms with Gasteiger partial charge in [0.15, 0.2) is 0 Å².